The van der Waals surface area contributed by atoms with Gasteiger partial charge in [-0.3, -0.25) is 4.79 Å². The van der Waals surface area contributed by atoms with E-state index < -0.39 is 5.54 Å². The van der Waals surface area contributed by atoms with Gasteiger partial charge in [-0.1, -0.05) is 59.1 Å². The zero-order valence-electron chi connectivity index (χ0n) is 11.4. The molecule has 1 aliphatic carbocycles. The maximum absolute atomic E-state index is 11.9. The van der Waals surface area contributed by atoms with Crippen LogP contribution in [0.3, 0.4) is 0 Å². The first kappa shape index (κ1) is 15.6. The molecule has 0 spiro atoms. The van der Waals surface area contributed by atoms with E-state index in [2.05, 4.69) is 10.5 Å². The van der Waals surface area contributed by atoms with Crippen molar-refractivity contribution in [2.75, 3.05) is 0 Å². The number of hydrogen-bond donors (Lipinski definition) is 1. The number of carbonyl (C=O) groups excluding carboxylic acids is 1. The maximum Gasteiger partial charge on any atom is 0.263 e. The van der Waals surface area contributed by atoms with Crippen LogP contribution in [0.1, 0.15) is 18.4 Å². The minimum absolute atomic E-state index is 0.136. The number of nitrogens with one attached hydrogen (secondary N) is 1. The summed E-state index contributed by atoms with van der Waals surface area (Å²) in [6, 6.07) is 3.27. The van der Waals surface area contributed by atoms with E-state index in [0.29, 0.717) is 27.1 Å². The number of amides is 1. The molecule has 0 fully saturated rings. The lowest BCUT2D eigenvalue weighted by Gasteiger charge is -2.36. The number of hydrogen-bond acceptors (Lipinski definition) is 3. The van der Waals surface area contributed by atoms with E-state index in [9.17, 15) is 4.79 Å². The van der Waals surface area contributed by atoms with Gasteiger partial charge in [0.2, 0.25) is 0 Å². The molecule has 3 rings (SSSR count). The highest BCUT2D eigenvalue weighted by molar-refractivity contribution is 6.39. The minimum Gasteiger partial charge on any atom is -0.271 e. The third-order valence-corrected chi connectivity index (χ3v) is 4.34. The van der Waals surface area contributed by atoms with Gasteiger partial charge in [0.1, 0.15) is 0 Å². The fourth-order valence-corrected chi connectivity index (χ4v) is 3.70. The lowest BCUT2D eigenvalue weighted by Crippen LogP contribution is -2.50. The van der Waals surface area contributed by atoms with Crippen molar-refractivity contribution in [3.63, 3.8) is 0 Å². The Morgan fingerprint density at radius 2 is 1.91 bits per heavy atom. The van der Waals surface area contributed by atoms with Gasteiger partial charge in [-0.05, 0) is 18.6 Å². The Morgan fingerprint density at radius 1 is 1.18 bits per heavy atom. The molecule has 0 bridgehead atoms. The predicted octanol–water partition coefficient (Wildman–Crippen LogP) is 4.08. The van der Waals surface area contributed by atoms with E-state index in [4.69, 9.17) is 34.8 Å². The topological polar surface area (TPSA) is 44.7 Å². The van der Waals surface area contributed by atoms with E-state index in [0.717, 1.165) is 0 Å². The van der Waals surface area contributed by atoms with Gasteiger partial charge in [-0.25, -0.2) is 0 Å². The molecule has 1 atom stereocenters. The Labute approximate surface area is 143 Å². The first-order valence-corrected chi connectivity index (χ1v) is 7.78. The van der Waals surface area contributed by atoms with Crippen LogP contribution in [-0.4, -0.2) is 17.2 Å². The fourth-order valence-electron chi connectivity index (χ4n) is 2.54. The molecular weight excluding hydrogens is 345 g/mol. The van der Waals surface area contributed by atoms with Crippen LogP contribution >= 0.6 is 34.8 Å². The Bertz CT molecular complexity index is 691. The molecule has 1 aromatic carbocycles. The average molecular weight is 357 g/mol. The Morgan fingerprint density at radius 3 is 2.45 bits per heavy atom. The molecule has 1 aliphatic heterocycles. The van der Waals surface area contributed by atoms with Crippen molar-refractivity contribution < 1.29 is 4.79 Å². The third kappa shape index (κ3) is 2.79. The molecule has 0 aromatic heterocycles. The highest BCUT2D eigenvalue weighted by Crippen LogP contribution is 2.41. The third-order valence-electron chi connectivity index (χ3n) is 3.53. The molecular formula is C15H12Cl3N3O. The summed E-state index contributed by atoms with van der Waals surface area (Å²) >= 11 is 18.7. The first-order valence-electron chi connectivity index (χ1n) is 6.64. The molecule has 0 radical (unpaired) electrons. The van der Waals surface area contributed by atoms with E-state index in [1.54, 1.807) is 18.3 Å². The molecule has 1 N–H and O–H groups in total. The summed E-state index contributed by atoms with van der Waals surface area (Å²) in [5, 5.41) is 6.58. The average Bonchev–Trinajstić information content (AvgIpc) is 2.84. The minimum atomic E-state index is -0.759. The van der Waals surface area contributed by atoms with Gasteiger partial charge in [0.05, 0.1) is 12.0 Å². The quantitative estimate of drug-likeness (QED) is 0.887. The van der Waals surface area contributed by atoms with Crippen LogP contribution in [0.5, 0.6) is 0 Å². The van der Waals surface area contributed by atoms with Crippen LogP contribution in [-0.2, 0) is 10.3 Å². The van der Waals surface area contributed by atoms with Gasteiger partial charge < -0.3 is 0 Å². The zero-order chi connectivity index (χ0) is 15.7. The van der Waals surface area contributed by atoms with Crippen LogP contribution in [0, 0.1) is 0 Å². The van der Waals surface area contributed by atoms with E-state index >= 15 is 0 Å². The second-order valence-electron chi connectivity index (χ2n) is 5.03. The van der Waals surface area contributed by atoms with Gasteiger partial charge in [-0.15, -0.1) is 0 Å². The van der Waals surface area contributed by atoms with Gasteiger partial charge in [0.25, 0.3) is 5.91 Å². The van der Waals surface area contributed by atoms with Crippen molar-refractivity contribution in [1.29, 1.82) is 0 Å². The first-order chi connectivity index (χ1) is 10.5. The highest BCUT2D eigenvalue weighted by atomic mass is 35.5. The van der Waals surface area contributed by atoms with Crippen LogP contribution < -0.4 is 5.43 Å². The van der Waals surface area contributed by atoms with E-state index in [1.807, 2.05) is 24.3 Å². The molecule has 0 saturated carbocycles. The molecule has 22 heavy (non-hydrogen) atoms. The normalized spacial score (nSPS) is 23.6. The van der Waals surface area contributed by atoms with Crippen LogP contribution in [0.2, 0.25) is 15.1 Å². The van der Waals surface area contributed by atoms with Crippen molar-refractivity contribution in [3.8, 4) is 0 Å². The fraction of sp³-hybridized carbons (Fsp3) is 0.200. The Hall–Kier alpha value is -1.33. The number of hydrazone groups is 1. The van der Waals surface area contributed by atoms with Crippen molar-refractivity contribution in [2.45, 2.75) is 18.4 Å². The summed E-state index contributed by atoms with van der Waals surface area (Å²) < 4.78 is 0. The van der Waals surface area contributed by atoms with Crippen molar-refractivity contribution in [3.05, 3.63) is 57.1 Å². The van der Waals surface area contributed by atoms with Crippen LogP contribution in [0.25, 0.3) is 0 Å². The Balaban J connectivity index is 2.07. The Kier molecular flexibility index (Phi) is 4.28. The molecule has 1 aromatic rings. The predicted molar refractivity (Wildman–Crippen MR) is 89.1 cm³/mol. The number of nitrogens with zero attached hydrogens (tertiary/aromatic N) is 2. The van der Waals surface area contributed by atoms with E-state index in [1.165, 1.54) is 5.12 Å². The SMILES string of the molecule is O=C1CC=NN1NC1(c2c(Cl)cc(Cl)cc2Cl)C=CC=CC1. The lowest BCUT2D eigenvalue weighted by molar-refractivity contribution is -0.133. The number of carbonyl (C=O) groups is 1. The molecule has 4 nitrogen and oxygen atoms in total. The highest BCUT2D eigenvalue weighted by Gasteiger charge is 2.37. The van der Waals surface area contributed by atoms with Crippen LogP contribution in [0.4, 0.5) is 0 Å². The number of allylic oxidation sites excluding steroid dienone is 2. The lowest BCUT2D eigenvalue weighted by atomic mass is 9.84. The standard InChI is InChI=1S/C15H12Cl3N3O/c16-10-8-11(17)14(12(18)9-10)15(5-2-1-3-6-15)20-21-13(22)4-7-19-21/h1-3,5,7-9,20H,4,6H2. The molecule has 0 saturated heterocycles. The molecule has 114 valence electrons. The molecule has 1 amide bonds. The number of hydrazine groups is 1. The van der Waals surface area contributed by atoms with Gasteiger partial charge >= 0.3 is 0 Å². The largest absolute Gasteiger partial charge is 0.271 e. The molecule has 1 unspecified atom stereocenters. The van der Waals surface area contributed by atoms with Gasteiger partial charge in [0, 0.05) is 26.8 Å². The van der Waals surface area contributed by atoms with Crippen molar-refractivity contribution >= 4 is 46.9 Å². The van der Waals surface area contributed by atoms with Crippen molar-refractivity contribution in [2.24, 2.45) is 5.10 Å². The van der Waals surface area contributed by atoms with Gasteiger partial charge in [0.15, 0.2) is 0 Å². The molecule has 7 heteroatoms. The van der Waals surface area contributed by atoms with Crippen molar-refractivity contribution in [1.82, 2.24) is 10.5 Å². The smallest absolute Gasteiger partial charge is 0.263 e. The summed E-state index contributed by atoms with van der Waals surface area (Å²) in [4.78, 5) is 11.9. The van der Waals surface area contributed by atoms with E-state index in [-0.39, 0.29) is 12.3 Å². The number of benzene rings is 1. The van der Waals surface area contributed by atoms with Gasteiger partial charge in [-0.2, -0.15) is 15.6 Å². The second-order valence-corrected chi connectivity index (χ2v) is 6.28. The summed E-state index contributed by atoms with van der Waals surface area (Å²) in [6.07, 6.45) is 10.1. The second kappa shape index (κ2) is 6.05. The summed E-state index contributed by atoms with van der Waals surface area (Å²) in [5.74, 6) is -0.136. The monoisotopic (exact) mass is 355 g/mol. The number of rotatable bonds is 3. The maximum atomic E-state index is 11.9. The molecule has 1 heterocycles. The van der Waals surface area contributed by atoms with Crippen LogP contribution in [0.15, 0.2) is 41.5 Å². The number of halogens is 3. The summed E-state index contributed by atoms with van der Waals surface area (Å²) in [6.45, 7) is 0. The molecule has 2 aliphatic rings. The zero-order valence-corrected chi connectivity index (χ0v) is 13.7. The summed E-state index contributed by atoms with van der Waals surface area (Å²) in [7, 11) is 0. The summed E-state index contributed by atoms with van der Waals surface area (Å²) in [5.41, 5.74) is 3.04.